The van der Waals surface area contributed by atoms with Gasteiger partial charge in [0.1, 0.15) is 11.6 Å². The summed E-state index contributed by atoms with van der Waals surface area (Å²) in [5, 5.41) is 10.9. The number of aliphatic hydroxyl groups excluding tert-OH is 1. The van der Waals surface area contributed by atoms with Crippen LogP contribution in [0.4, 0.5) is 16.0 Å². The molecule has 2 aliphatic heterocycles. The normalized spacial score (nSPS) is 22.9. The van der Waals surface area contributed by atoms with Gasteiger partial charge in [-0.2, -0.15) is 0 Å². The summed E-state index contributed by atoms with van der Waals surface area (Å²) >= 11 is 0. The van der Waals surface area contributed by atoms with Crippen molar-refractivity contribution in [3.63, 3.8) is 0 Å². The van der Waals surface area contributed by atoms with E-state index in [1.54, 1.807) is 6.20 Å². The van der Waals surface area contributed by atoms with Crippen LogP contribution < -0.4 is 9.80 Å². The van der Waals surface area contributed by atoms with E-state index in [1.165, 1.54) is 11.3 Å². The number of rotatable bonds is 4. The molecule has 0 radical (unpaired) electrons. The zero-order valence-electron chi connectivity index (χ0n) is 19.6. The third kappa shape index (κ3) is 3.78. The third-order valence-corrected chi connectivity index (χ3v) is 7.81. The first-order valence-corrected chi connectivity index (χ1v) is 12.5. The van der Waals surface area contributed by atoms with E-state index in [0.717, 1.165) is 62.3 Å². The largest absolute Gasteiger partial charge is 0.391 e. The third-order valence-electron chi connectivity index (χ3n) is 7.81. The Hall–Kier alpha value is -2.87. The predicted molar refractivity (Wildman–Crippen MR) is 130 cm³/mol. The number of aryl methyl sites for hydroxylation is 1. The van der Waals surface area contributed by atoms with Crippen molar-refractivity contribution in [3.05, 3.63) is 47.7 Å². The van der Waals surface area contributed by atoms with Gasteiger partial charge in [0.2, 0.25) is 0 Å². The molecule has 0 aromatic carbocycles. The van der Waals surface area contributed by atoms with Crippen molar-refractivity contribution in [2.75, 3.05) is 36.0 Å². The van der Waals surface area contributed by atoms with Crippen LogP contribution in [0.15, 0.2) is 30.6 Å². The number of hydrogen-bond donors (Lipinski definition) is 1. The van der Waals surface area contributed by atoms with Gasteiger partial charge < -0.3 is 14.9 Å². The predicted octanol–water partition coefficient (Wildman–Crippen LogP) is 4.03. The molecule has 0 amide bonds. The van der Waals surface area contributed by atoms with Gasteiger partial charge in [0, 0.05) is 49.4 Å². The van der Waals surface area contributed by atoms with Crippen molar-refractivity contribution < 1.29 is 9.50 Å². The first kappa shape index (κ1) is 21.6. The van der Waals surface area contributed by atoms with E-state index in [1.807, 2.05) is 18.3 Å². The number of halogens is 1. The van der Waals surface area contributed by atoms with Crippen LogP contribution in [0.5, 0.6) is 0 Å². The van der Waals surface area contributed by atoms with Crippen molar-refractivity contribution in [3.8, 4) is 0 Å². The van der Waals surface area contributed by atoms with Gasteiger partial charge >= 0.3 is 0 Å². The molecule has 3 aromatic rings. The summed E-state index contributed by atoms with van der Waals surface area (Å²) in [5.41, 5.74) is 1.69. The van der Waals surface area contributed by atoms with E-state index < -0.39 is 5.67 Å². The maximum absolute atomic E-state index is 15.4. The molecule has 1 aliphatic carbocycles. The Labute approximate surface area is 199 Å². The monoisotopic (exact) mass is 462 g/mol. The molecular weight excluding hydrogens is 431 g/mol. The number of anilines is 2. The SMILES string of the molecule is Cc1cccnc1C1CCN(c2nc(C3(F)CCC3)nc3cnc(N4CC[C@@H](O)C4)cc23)CC1. The lowest BCUT2D eigenvalue weighted by atomic mass is 9.81. The Balaban J connectivity index is 1.35. The van der Waals surface area contributed by atoms with Crippen LogP contribution >= 0.6 is 0 Å². The van der Waals surface area contributed by atoms with Crippen LogP contribution in [0, 0.1) is 6.92 Å². The number of piperidine rings is 1. The van der Waals surface area contributed by atoms with E-state index in [4.69, 9.17) is 4.98 Å². The Morgan fingerprint density at radius 1 is 1.06 bits per heavy atom. The van der Waals surface area contributed by atoms with Gasteiger partial charge in [-0.3, -0.25) is 4.98 Å². The topological polar surface area (TPSA) is 78.3 Å². The summed E-state index contributed by atoms with van der Waals surface area (Å²) < 4.78 is 15.4. The number of β-amino-alcohol motifs (C(OH)–C–C–N with tert-alkyl or cyclic N) is 1. The highest BCUT2D eigenvalue weighted by Gasteiger charge is 2.42. The molecule has 178 valence electrons. The van der Waals surface area contributed by atoms with Gasteiger partial charge in [-0.05, 0) is 63.1 Å². The van der Waals surface area contributed by atoms with Crippen molar-refractivity contribution in [2.45, 2.75) is 63.1 Å². The molecule has 34 heavy (non-hydrogen) atoms. The minimum atomic E-state index is -1.43. The Bertz CT molecular complexity index is 1210. The van der Waals surface area contributed by atoms with Gasteiger partial charge in [-0.15, -0.1) is 0 Å². The van der Waals surface area contributed by atoms with Gasteiger partial charge in [0.15, 0.2) is 11.5 Å². The second kappa shape index (κ2) is 8.41. The minimum Gasteiger partial charge on any atom is -0.391 e. The fraction of sp³-hybridized carbons (Fsp3) is 0.538. The fourth-order valence-corrected chi connectivity index (χ4v) is 5.57. The average molecular weight is 463 g/mol. The zero-order chi connectivity index (χ0) is 23.3. The van der Waals surface area contributed by atoms with E-state index in [0.29, 0.717) is 36.6 Å². The minimum absolute atomic E-state index is 0.301. The summed E-state index contributed by atoms with van der Waals surface area (Å²) in [4.78, 5) is 23.1. The molecule has 0 unspecified atom stereocenters. The van der Waals surface area contributed by atoms with Crippen LogP contribution in [0.2, 0.25) is 0 Å². The quantitative estimate of drug-likeness (QED) is 0.627. The molecule has 1 atom stereocenters. The lowest BCUT2D eigenvalue weighted by Crippen LogP contribution is -2.36. The second-order valence-corrected chi connectivity index (χ2v) is 10.1. The Morgan fingerprint density at radius 3 is 2.53 bits per heavy atom. The molecule has 7 nitrogen and oxygen atoms in total. The second-order valence-electron chi connectivity index (χ2n) is 10.1. The number of aromatic nitrogens is 4. The highest BCUT2D eigenvalue weighted by molar-refractivity contribution is 5.91. The molecule has 3 fully saturated rings. The summed E-state index contributed by atoms with van der Waals surface area (Å²) in [6.45, 7) is 5.16. The Morgan fingerprint density at radius 2 is 1.85 bits per heavy atom. The molecular formula is C26H31FN6O. The first-order chi connectivity index (χ1) is 16.5. The van der Waals surface area contributed by atoms with Crippen molar-refractivity contribution in [1.29, 1.82) is 0 Å². The summed E-state index contributed by atoms with van der Waals surface area (Å²) in [6.07, 6.45) is 7.84. The smallest absolute Gasteiger partial charge is 0.170 e. The molecule has 3 aliphatic rings. The van der Waals surface area contributed by atoms with Crippen LogP contribution in [0.3, 0.4) is 0 Å². The highest BCUT2D eigenvalue weighted by Crippen LogP contribution is 2.45. The molecule has 1 N–H and O–H groups in total. The molecule has 0 bridgehead atoms. The number of nitrogens with zero attached hydrogens (tertiary/aromatic N) is 6. The van der Waals surface area contributed by atoms with Gasteiger partial charge in [-0.1, -0.05) is 6.07 Å². The molecule has 1 saturated carbocycles. The molecule has 3 aromatic heterocycles. The zero-order valence-corrected chi connectivity index (χ0v) is 19.6. The maximum atomic E-state index is 15.4. The van der Waals surface area contributed by atoms with Crippen LogP contribution in [-0.2, 0) is 5.67 Å². The number of aliphatic hydroxyl groups is 1. The molecule has 5 heterocycles. The highest BCUT2D eigenvalue weighted by atomic mass is 19.1. The van der Waals surface area contributed by atoms with Crippen LogP contribution in [0.1, 0.15) is 61.5 Å². The van der Waals surface area contributed by atoms with E-state index >= 15 is 4.39 Å². The average Bonchev–Trinajstić information content (AvgIpc) is 3.28. The van der Waals surface area contributed by atoms with Crippen molar-refractivity contribution in [2.24, 2.45) is 0 Å². The summed E-state index contributed by atoms with van der Waals surface area (Å²) in [6, 6.07) is 6.13. The summed E-state index contributed by atoms with van der Waals surface area (Å²) in [5.74, 6) is 2.35. The van der Waals surface area contributed by atoms with Crippen LogP contribution in [0.25, 0.3) is 10.9 Å². The van der Waals surface area contributed by atoms with Gasteiger partial charge in [0.05, 0.1) is 17.8 Å². The van der Waals surface area contributed by atoms with E-state index in [-0.39, 0.29) is 6.10 Å². The van der Waals surface area contributed by atoms with Crippen molar-refractivity contribution >= 4 is 22.5 Å². The Kier molecular flexibility index (Phi) is 5.36. The number of alkyl halides is 1. The maximum Gasteiger partial charge on any atom is 0.170 e. The van der Waals surface area contributed by atoms with Gasteiger partial charge in [-0.25, -0.2) is 19.3 Å². The van der Waals surface area contributed by atoms with Crippen molar-refractivity contribution in [1.82, 2.24) is 19.9 Å². The van der Waals surface area contributed by atoms with Gasteiger partial charge in [0.25, 0.3) is 0 Å². The number of pyridine rings is 2. The first-order valence-electron chi connectivity index (χ1n) is 12.5. The molecule has 6 rings (SSSR count). The fourth-order valence-electron chi connectivity index (χ4n) is 5.57. The lowest BCUT2D eigenvalue weighted by molar-refractivity contribution is 0.0512. The van der Waals surface area contributed by atoms with E-state index in [2.05, 4.69) is 37.7 Å². The number of fused-ring (bicyclic) bond motifs is 1. The summed E-state index contributed by atoms with van der Waals surface area (Å²) in [7, 11) is 0. The standard InChI is InChI=1S/C26H31FN6O/c1-17-4-2-10-28-23(17)18-5-11-32(12-6-18)24-20-14-22(33-13-7-19(34)16-33)29-15-21(20)30-25(31-24)26(27)8-3-9-26/h2,4,10,14-15,18-19,34H,3,5-9,11-13,16H2,1H3/t19-/m1/s1. The molecule has 2 saturated heterocycles. The molecule has 0 spiro atoms. The number of hydrogen-bond acceptors (Lipinski definition) is 7. The van der Waals surface area contributed by atoms with E-state index in [9.17, 15) is 5.11 Å². The molecule has 8 heteroatoms. The lowest BCUT2D eigenvalue weighted by Gasteiger charge is -2.36. The van der Waals surface area contributed by atoms with Crippen LogP contribution in [-0.4, -0.2) is 57.3 Å².